The summed E-state index contributed by atoms with van der Waals surface area (Å²) in [5.41, 5.74) is 0.329. The number of fused-ring (bicyclic) bond motifs is 1. The van der Waals surface area contributed by atoms with E-state index in [1.54, 1.807) is 0 Å². The Kier molecular flexibility index (Phi) is 4.80. The van der Waals surface area contributed by atoms with Crippen LogP contribution in [-0.2, 0) is 8.98 Å². The first kappa shape index (κ1) is 14.1. The number of aldehydes is 1. The van der Waals surface area contributed by atoms with E-state index in [1.165, 1.54) is 41.3 Å². The van der Waals surface area contributed by atoms with Gasteiger partial charge in [0.15, 0.2) is 0 Å². The van der Waals surface area contributed by atoms with Crippen LogP contribution in [0.2, 0.25) is 0 Å². The highest BCUT2D eigenvalue weighted by Crippen LogP contribution is 2.58. The highest BCUT2D eigenvalue weighted by atomic mass is 127. The lowest BCUT2D eigenvalue weighted by molar-refractivity contribution is -0.114. The molecule has 2 nitrogen and oxygen atoms in total. The molecule has 4 heteroatoms. The third-order valence-electron chi connectivity index (χ3n) is 5.14. The van der Waals surface area contributed by atoms with Gasteiger partial charge in [-0.3, -0.25) is 0 Å². The Hall–Kier alpha value is 0.710. The summed E-state index contributed by atoms with van der Waals surface area (Å²) >= 11 is 2.21. The molecule has 0 amide bonds. The molecule has 0 bridgehead atoms. The number of hydrogen-bond donors (Lipinski definition) is 0. The molecule has 0 spiro atoms. The van der Waals surface area contributed by atoms with Crippen molar-refractivity contribution >= 4 is 36.7 Å². The van der Waals surface area contributed by atoms with Gasteiger partial charge in [-0.25, -0.2) is 0 Å². The smallest absolute Gasteiger partial charge is 0.123 e. The van der Waals surface area contributed by atoms with E-state index >= 15 is 0 Å². The van der Waals surface area contributed by atoms with Crippen LogP contribution in [0.5, 0.6) is 0 Å². The van der Waals surface area contributed by atoms with E-state index in [2.05, 4.69) is 35.1 Å². The van der Waals surface area contributed by atoms with Crippen LogP contribution in [0.15, 0.2) is 0 Å². The highest BCUT2D eigenvalue weighted by Gasteiger charge is 2.53. The summed E-state index contributed by atoms with van der Waals surface area (Å²) in [7, 11) is 1.47. The minimum atomic E-state index is 0.205. The third kappa shape index (κ3) is 2.54. The average molecular weight is 368 g/mol. The van der Waals surface area contributed by atoms with Gasteiger partial charge < -0.3 is 8.98 Å². The average Bonchev–Trinajstić information content (AvgIpc) is 2.67. The lowest BCUT2D eigenvalue weighted by Crippen LogP contribution is -2.42. The Morgan fingerprint density at radius 3 is 2.88 bits per heavy atom. The Bertz CT molecular complexity index is 285. The number of rotatable bonds is 4. The first-order chi connectivity index (χ1) is 8.13. The first-order valence-electron chi connectivity index (χ1n) is 6.53. The molecule has 2 saturated carbocycles. The summed E-state index contributed by atoms with van der Waals surface area (Å²) in [6.45, 7) is 4.48. The van der Waals surface area contributed by atoms with Crippen molar-refractivity contribution in [1.29, 1.82) is 0 Å². The molecule has 2 aliphatic carbocycles. The SMILES string of the molecule is CC(C=O)C1CCC2C(OSI)CCCC12C. The van der Waals surface area contributed by atoms with Gasteiger partial charge in [-0.15, -0.1) is 0 Å². The molecule has 0 N–H and O–H groups in total. The molecule has 0 aromatic rings. The summed E-state index contributed by atoms with van der Waals surface area (Å²) in [4.78, 5) is 11.1. The predicted octanol–water partition coefficient (Wildman–Crippen LogP) is 4.42. The number of carbonyl (C=O) groups excluding carboxylic acids is 1. The van der Waals surface area contributed by atoms with E-state index in [0.29, 0.717) is 23.4 Å². The zero-order valence-corrected chi connectivity index (χ0v) is 13.5. The van der Waals surface area contributed by atoms with Gasteiger partial charge in [-0.2, -0.15) is 0 Å². The molecule has 0 aromatic heterocycles. The minimum Gasteiger partial charge on any atom is -0.303 e. The van der Waals surface area contributed by atoms with Crippen LogP contribution in [0.25, 0.3) is 0 Å². The minimum absolute atomic E-state index is 0.205. The van der Waals surface area contributed by atoms with Crippen molar-refractivity contribution in [2.45, 2.75) is 52.1 Å². The van der Waals surface area contributed by atoms with Gasteiger partial charge in [-0.05, 0) is 42.9 Å². The van der Waals surface area contributed by atoms with E-state index in [1.807, 2.05) is 0 Å². The van der Waals surface area contributed by atoms with Crippen molar-refractivity contribution in [3.05, 3.63) is 0 Å². The molecule has 98 valence electrons. The lowest BCUT2D eigenvalue weighted by Gasteiger charge is -2.45. The second kappa shape index (κ2) is 5.78. The molecule has 0 aromatic carbocycles. The molecule has 5 atom stereocenters. The first-order valence-corrected chi connectivity index (χ1v) is 9.81. The Labute approximate surface area is 120 Å². The molecule has 2 fully saturated rings. The Morgan fingerprint density at radius 2 is 2.24 bits per heavy atom. The third-order valence-corrected chi connectivity index (χ3v) is 6.09. The molecular formula is C13H21IO2S. The van der Waals surface area contributed by atoms with E-state index in [4.69, 9.17) is 4.18 Å². The van der Waals surface area contributed by atoms with E-state index in [-0.39, 0.29) is 5.92 Å². The highest BCUT2D eigenvalue weighted by molar-refractivity contribution is 14.2. The normalized spacial score (nSPS) is 43.1. The fraction of sp³-hybridized carbons (Fsp3) is 0.923. The maximum absolute atomic E-state index is 11.1. The van der Waals surface area contributed by atoms with Crippen LogP contribution in [0.4, 0.5) is 0 Å². The second-order valence-corrected chi connectivity index (χ2v) is 7.28. The van der Waals surface area contributed by atoms with Crippen LogP contribution in [0, 0.1) is 23.2 Å². The van der Waals surface area contributed by atoms with Gasteiger partial charge in [0, 0.05) is 27.1 Å². The zero-order valence-electron chi connectivity index (χ0n) is 10.5. The summed E-state index contributed by atoms with van der Waals surface area (Å²) < 4.78 is 5.84. The monoisotopic (exact) mass is 368 g/mol. The van der Waals surface area contributed by atoms with Crippen LogP contribution < -0.4 is 0 Å². The molecule has 0 saturated heterocycles. The van der Waals surface area contributed by atoms with Crippen molar-refractivity contribution in [3.8, 4) is 0 Å². The number of carbonyl (C=O) groups is 1. The van der Waals surface area contributed by atoms with Crippen LogP contribution in [0.1, 0.15) is 46.0 Å². The topological polar surface area (TPSA) is 26.3 Å². The quantitative estimate of drug-likeness (QED) is 0.417. The second-order valence-electron chi connectivity index (χ2n) is 5.88. The van der Waals surface area contributed by atoms with Gasteiger partial charge >= 0.3 is 0 Å². The van der Waals surface area contributed by atoms with Gasteiger partial charge in [0.1, 0.15) is 6.29 Å². The van der Waals surface area contributed by atoms with Crippen molar-refractivity contribution in [3.63, 3.8) is 0 Å². The zero-order chi connectivity index (χ0) is 12.5. The van der Waals surface area contributed by atoms with Crippen molar-refractivity contribution in [1.82, 2.24) is 0 Å². The van der Waals surface area contributed by atoms with Crippen molar-refractivity contribution in [2.24, 2.45) is 23.2 Å². The van der Waals surface area contributed by atoms with Crippen LogP contribution in [-0.4, -0.2) is 12.4 Å². The summed E-state index contributed by atoms with van der Waals surface area (Å²) in [5.74, 6) is 1.43. The fourth-order valence-corrected chi connectivity index (χ4v) is 5.40. The molecule has 0 heterocycles. The standard InChI is InChI=1S/C13H21IO2S/c1-9(8-15)10-5-6-11-12(16-17-14)4-3-7-13(10,11)2/h8-12H,3-7H2,1-2H3. The molecule has 2 aliphatic rings. The summed E-state index contributed by atoms with van der Waals surface area (Å²) in [6.07, 6.45) is 7.70. The lowest BCUT2D eigenvalue weighted by atomic mass is 9.62. The van der Waals surface area contributed by atoms with Crippen LogP contribution >= 0.6 is 30.4 Å². The van der Waals surface area contributed by atoms with Gasteiger partial charge in [0.2, 0.25) is 0 Å². The summed E-state index contributed by atoms with van der Waals surface area (Å²) in [6, 6.07) is 0. The van der Waals surface area contributed by atoms with E-state index in [9.17, 15) is 4.79 Å². The molecular weight excluding hydrogens is 347 g/mol. The maximum atomic E-state index is 11.1. The molecule has 0 radical (unpaired) electrons. The molecule has 0 aliphatic heterocycles. The maximum Gasteiger partial charge on any atom is 0.123 e. The van der Waals surface area contributed by atoms with E-state index in [0.717, 1.165) is 6.29 Å². The Balaban J connectivity index is 2.16. The predicted molar refractivity (Wildman–Crippen MR) is 79.9 cm³/mol. The molecule has 5 unspecified atom stereocenters. The molecule has 2 rings (SSSR count). The van der Waals surface area contributed by atoms with Gasteiger partial charge in [0.25, 0.3) is 0 Å². The fourth-order valence-electron chi connectivity index (χ4n) is 4.28. The number of hydrogen-bond acceptors (Lipinski definition) is 3. The molecule has 17 heavy (non-hydrogen) atoms. The van der Waals surface area contributed by atoms with Crippen molar-refractivity contribution in [2.75, 3.05) is 0 Å². The van der Waals surface area contributed by atoms with Crippen molar-refractivity contribution < 1.29 is 8.98 Å². The summed E-state index contributed by atoms with van der Waals surface area (Å²) in [5, 5.41) is 0. The van der Waals surface area contributed by atoms with E-state index < -0.39 is 0 Å². The van der Waals surface area contributed by atoms with Gasteiger partial charge in [0.05, 0.1) is 15.3 Å². The van der Waals surface area contributed by atoms with Gasteiger partial charge in [-0.1, -0.05) is 20.3 Å². The largest absolute Gasteiger partial charge is 0.303 e. The van der Waals surface area contributed by atoms with Crippen LogP contribution in [0.3, 0.4) is 0 Å². The number of halogens is 1. The Morgan fingerprint density at radius 1 is 1.47 bits per heavy atom.